The number of aromatic nitrogens is 2. The molecule has 0 fully saturated rings. The Morgan fingerprint density at radius 2 is 1.53 bits per heavy atom. The Bertz CT molecular complexity index is 1290. The molecule has 10 nitrogen and oxygen atoms in total. The number of hydrogen-bond acceptors (Lipinski definition) is 7. The van der Waals surface area contributed by atoms with Crippen LogP contribution in [0.2, 0.25) is 0 Å². The van der Waals surface area contributed by atoms with E-state index >= 15 is 0 Å². The van der Waals surface area contributed by atoms with Gasteiger partial charge in [-0.25, -0.2) is 4.79 Å². The molecule has 0 unspecified atom stereocenters. The van der Waals surface area contributed by atoms with E-state index < -0.39 is 17.2 Å². The summed E-state index contributed by atoms with van der Waals surface area (Å²) in [6.07, 6.45) is 0. The van der Waals surface area contributed by atoms with Gasteiger partial charge in [-0.2, -0.15) is 0 Å². The minimum Gasteiger partial charge on any atom is -0.490 e. The number of carbonyl (C=O) groups is 1. The van der Waals surface area contributed by atoms with Crippen LogP contribution in [0.5, 0.6) is 17.2 Å². The molecule has 0 saturated carbocycles. The fourth-order valence-corrected chi connectivity index (χ4v) is 3.83. The lowest BCUT2D eigenvalue weighted by Crippen LogP contribution is -2.41. The standard InChI is InChI=1S/C26H32N4O6/c1-5-29(21-23(27)30(26(33)28-24(21)31)16-17-12-10-9-11-13-17)25(32)18-14-19(34-6-2)22(36-8-4)20(15-18)35-7-3/h9-15H,5-8,16,27H2,1-4H3,(H,28,31,33). The summed E-state index contributed by atoms with van der Waals surface area (Å²) in [6.45, 7) is 8.51. The largest absolute Gasteiger partial charge is 0.490 e. The predicted octanol–water partition coefficient (Wildman–Crippen LogP) is 3.03. The molecule has 192 valence electrons. The molecule has 3 N–H and O–H groups in total. The molecule has 1 amide bonds. The molecular formula is C26H32N4O6. The zero-order valence-electron chi connectivity index (χ0n) is 21.0. The number of H-pyrrole nitrogens is 1. The molecule has 0 bridgehead atoms. The van der Waals surface area contributed by atoms with Gasteiger partial charge in [-0.1, -0.05) is 30.3 Å². The molecule has 1 aromatic heterocycles. The van der Waals surface area contributed by atoms with Crippen molar-refractivity contribution < 1.29 is 19.0 Å². The predicted molar refractivity (Wildman–Crippen MR) is 139 cm³/mol. The third kappa shape index (κ3) is 5.54. The summed E-state index contributed by atoms with van der Waals surface area (Å²) >= 11 is 0. The van der Waals surface area contributed by atoms with Crippen LogP contribution in [-0.4, -0.2) is 41.8 Å². The van der Waals surface area contributed by atoms with Crippen LogP contribution < -0.4 is 36.1 Å². The number of nitrogens with one attached hydrogen (secondary N) is 1. The van der Waals surface area contributed by atoms with Crippen molar-refractivity contribution in [2.24, 2.45) is 0 Å². The summed E-state index contributed by atoms with van der Waals surface area (Å²) in [6, 6.07) is 12.3. The van der Waals surface area contributed by atoms with E-state index in [1.165, 1.54) is 9.47 Å². The Morgan fingerprint density at radius 3 is 2.06 bits per heavy atom. The van der Waals surface area contributed by atoms with Crippen molar-refractivity contribution in [3.63, 3.8) is 0 Å². The lowest BCUT2D eigenvalue weighted by molar-refractivity contribution is 0.0987. The van der Waals surface area contributed by atoms with Crippen LogP contribution in [0.1, 0.15) is 43.6 Å². The first-order valence-electron chi connectivity index (χ1n) is 11.9. The Labute approximate surface area is 209 Å². The summed E-state index contributed by atoms with van der Waals surface area (Å²) in [5.41, 5.74) is 5.83. The van der Waals surface area contributed by atoms with Crippen LogP contribution >= 0.6 is 0 Å². The van der Waals surface area contributed by atoms with Gasteiger partial charge in [0.2, 0.25) is 5.75 Å². The zero-order chi connectivity index (χ0) is 26.2. The van der Waals surface area contributed by atoms with Crippen molar-refractivity contribution in [2.75, 3.05) is 37.0 Å². The van der Waals surface area contributed by atoms with Gasteiger partial charge in [0.1, 0.15) is 5.82 Å². The van der Waals surface area contributed by atoms with E-state index in [2.05, 4.69) is 4.98 Å². The molecule has 0 saturated heterocycles. The highest BCUT2D eigenvalue weighted by molar-refractivity contribution is 6.08. The molecule has 10 heteroatoms. The van der Waals surface area contributed by atoms with E-state index in [1.807, 2.05) is 51.1 Å². The number of nitrogens with two attached hydrogens (primary N) is 1. The smallest absolute Gasteiger partial charge is 0.330 e. The maximum Gasteiger partial charge on any atom is 0.330 e. The molecule has 0 aliphatic heterocycles. The van der Waals surface area contributed by atoms with Crippen molar-refractivity contribution in [2.45, 2.75) is 34.2 Å². The van der Waals surface area contributed by atoms with E-state index in [1.54, 1.807) is 19.1 Å². The number of anilines is 2. The Balaban J connectivity index is 2.12. The number of nitrogens with zero attached hydrogens (tertiary/aromatic N) is 2. The van der Waals surface area contributed by atoms with Gasteiger partial charge in [-0.3, -0.25) is 19.1 Å². The van der Waals surface area contributed by atoms with Crippen LogP contribution in [0.25, 0.3) is 0 Å². The van der Waals surface area contributed by atoms with Gasteiger partial charge in [0, 0.05) is 12.1 Å². The van der Waals surface area contributed by atoms with Crippen molar-refractivity contribution in [3.05, 3.63) is 74.4 Å². The highest BCUT2D eigenvalue weighted by atomic mass is 16.5. The van der Waals surface area contributed by atoms with Crippen LogP contribution in [0.4, 0.5) is 11.5 Å². The first-order valence-corrected chi connectivity index (χ1v) is 11.9. The molecule has 2 aromatic carbocycles. The molecular weight excluding hydrogens is 464 g/mol. The minimum atomic E-state index is -0.752. The number of benzene rings is 2. The quantitative estimate of drug-likeness (QED) is 0.417. The van der Waals surface area contributed by atoms with E-state index in [4.69, 9.17) is 19.9 Å². The summed E-state index contributed by atoms with van der Waals surface area (Å²) in [7, 11) is 0. The average molecular weight is 497 g/mol. The third-order valence-electron chi connectivity index (χ3n) is 5.38. The monoisotopic (exact) mass is 496 g/mol. The number of carbonyl (C=O) groups excluding carboxylic acids is 1. The second-order valence-corrected chi connectivity index (χ2v) is 7.71. The average Bonchev–Trinajstić information content (AvgIpc) is 2.86. The third-order valence-corrected chi connectivity index (χ3v) is 5.38. The van der Waals surface area contributed by atoms with Crippen LogP contribution in [-0.2, 0) is 6.54 Å². The molecule has 3 rings (SSSR count). The number of amides is 1. The second-order valence-electron chi connectivity index (χ2n) is 7.71. The second kappa shape index (κ2) is 12.0. The Kier molecular flexibility index (Phi) is 8.77. The fourth-order valence-electron chi connectivity index (χ4n) is 3.83. The molecule has 0 aliphatic rings. The first-order chi connectivity index (χ1) is 17.4. The van der Waals surface area contributed by atoms with E-state index in [0.717, 1.165) is 5.56 Å². The van der Waals surface area contributed by atoms with Crippen molar-refractivity contribution in [1.82, 2.24) is 9.55 Å². The zero-order valence-corrected chi connectivity index (χ0v) is 21.0. The number of aromatic amines is 1. The van der Waals surface area contributed by atoms with Crippen molar-refractivity contribution in [1.29, 1.82) is 0 Å². The maximum atomic E-state index is 13.7. The summed E-state index contributed by atoms with van der Waals surface area (Å²) in [4.78, 5) is 42.7. The van der Waals surface area contributed by atoms with E-state index in [-0.39, 0.29) is 30.2 Å². The van der Waals surface area contributed by atoms with Gasteiger partial charge in [-0.05, 0) is 45.4 Å². The first kappa shape index (κ1) is 26.4. The number of rotatable bonds is 11. The highest BCUT2D eigenvalue weighted by Crippen LogP contribution is 2.39. The van der Waals surface area contributed by atoms with E-state index in [0.29, 0.717) is 37.1 Å². The van der Waals surface area contributed by atoms with Crippen LogP contribution in [0, 0.1) is 0 Å². The summed E-state index contributed by atoms with van der Waals surface area (Å²) in [5, 5.41) is 0. The lowest BCUT2D eigenvalue weighted by atomic mass is 10.1. The van der Waals surface area contributed by atoms with Gasteiger partial charge in [-0.15, -0.1) is 0 Å². The number of nitrogen functional groups attached to an aromatic ring is 1. The Hall–Kier alpha value is -4.21. The Morgan fingerprint density at radius 1 is 0.944 bits per heavy atom. The molecule has 0 radical (unpaired) electrons. The van der Waals surface area contributed by atoms with Crippen LogP contribution in [0.3, 0.4) is 0 Å². The molecule has 36 heavy (non-hydrogen) atoms. The van der Waals surface area contributed by atoms with Gasteiger partial charge < -0.3 is 24.8 Å². The normalized spacial score (nSPS) is 10.7. The molecule has 0 spiro atoms. The van der Waals surface area contributed by atoms with Crippen molar-refractivity contribution in [3.8, 4) is 17.2 Å². The maximum absolute atomic E-state index is 13.7. The number of hydrogen-bond donors (Lipinski definition) is 2. The van der Waals surface area contributed by atoms with Crippen LogP contribution in [0.15, 0.2) is 52.1 Å². The topological polar surface area (TPSA) is 129 Å². The number of ether oxygens (including phenoxy) is 3. The van der Waals surface area contributed by atoms with Crippen molar-refractivity contribution >= 4 is 17.4 Å². The molecule has 0 aliphatic carbocycles. The summed E-state index contributed by atoms with van der Waals surface area (Å²) < 4.78 is 18.4. The van der Waals surface area contributed by atoms with Gasteiger partial charge in [0.15, 0.2) is 17.2 Å². The van der Waals surface area contributed by atoms with Gasteiger partial charge in [0.25, 0.3) is 11.5 Å². The highest BCUT2D eigenvalue weighted by Gasteiger charge is 2.26. The molecule has 3 aromatic rings. The lowest BCUT2D eigenvalue weighted by Gasteiger charge is -2.24. The minimum absolute atomic E-state index is 0.108. The summed E-state index contributed by atoms with van der Waals surface area (Å²) in [5.74, 6) is 0.476. The van der Waals surface area contributed by atoms with Gasteiger partial charge in [0.05, 0.1) is 26.4 Å². The molecule has 1 heterocycles. The fraction of sp³-hybridized carbons (Fsp3) is 0.346. The molecule has 0 atom stereocenters. The van der Waals surface area contributed by atoms with Gasteiger partial charge >= 0.3 is 5.69 Å². The SMILES string of the molecule is CCOc1cc(C(=O)N(CC)c2c(N)n(Cc3ccccc3)c(=O)[nH]c2=O)cc(OCC)c1OCC. The van der Waals surface area contributed by atoms with E-state index in [9.17, 15) is 14.4 Å².